The maximum atomic E-state index is 10.7. The minimum absolute atomic E-state index is 0.129. The zero-order chi connectivity index (χ0) is 10.1. The van der Waals surface area contributed by atoms with Crippen molar-refractivity contribution in [2.75, 3.05) is 7.11 Å². The lowest BCUT2D eigenvalue weighted by Crippen LogP contribution is -1.98. The quantitative estimate of drug-likeness (QED) is 0.371. The fraction of sp³-hybridized carbons (Fsp3) is 0.545. The summed E-state index contributed by atoms with van der Waals surface area (Å²) in [6.07, 6.45) is 8.44. The van der Waals surface area contributed by atoms with Crippen molar-refractivity contribution in [2.45, 2.75) is 33.1 Å². The molecule has 0 atom stereocenters. The first-order valence-corrected chi connectivity index (χ1v) is 4.53. The molecule has 0 aromatic heterocycles. The highest BCUT2D eigenvalue weighted by atomic mass is 16.5. The van der Waals surface area contributed by atoms with Gasteiger partial charge in [-0.2, -0.15) is 0 Å². The average molecular weight is 182 g/mol. The Kier molecular flexibility index (Phi) is 6.98. The highest BCUT2D eigenvalue weighted by molar-refractivity contribution is 5.68. The summed E-state index contributed by atoms with van der Waals surface area (Å²) in [5.41, 5.74) is 1.28. The molecule has 74 valence electrons. The molecule has 13 heavy (non-hydrogen) atoms. The predicted octanol–water partition coefficient (Wildman–Crippen LogP) is 2.85. The van der Waals surface area contributed by atoms with Crippen LogP contribution < -0.4 is 0 Å². The van der Waals surface area contributed by atoms with Gasteiger partial charge in [0.2, 0.25) is 0 Å². The Hall–Kier alpha value is -1.05. The van der Waals surface area contributed by atoms with E-state index in [2.05, 4.69) is 30.7 Å². The smallest absolute Gasteiger partial charge is 0.305 e. The highest BCUT2D eigenvalue weighted by Crippen LogP contribution is 1.99. The van der Waals surface area contributed by atoms with Gasteiger partial charge in [-0.3, -0.25) is 4.79 Å². The lowest BCUT2D eigenvalue weighted by Gasteiger charge is -1.95. The van der Waals surface area contributed by atoms with Gasteiger partial charge in [-0.15, -0.1) is 0 Å². The SMILES string of the molecule is COC(=O)CCC/C=C/C=C(C)C. The Balaban J connectivity index is 3.41. The number of methoxy groups -OCH3 is 1. The summed E-state index contributed by atoms with van der Waals surface area (Å²) in [5.74, 6) is -0.129. The summed E-state index contributed by atoms with van der Waals surface area (Å²) in [6, 6.07) is 0. The summed E-state index contributed by atoms with van der Waals surface area (Å²) < 4.78 is 4.52. The third-order valence-electron chi connectivity index (χ3n) is 1.55. The van der Waals surface area contributed by atoms with Gasteiger partial charge < -0.3 is 4.74 Å². The molecular formula is C11H18O2. The van der Waals surface area contributed by atoms with Gasteiger partial charge >= 0.3 is 5.97 Å². The molecule has 0 fully saturated rings. The molecule has 0 aromatic rings. The van der Waals surface area contributed by atoms with Crippen LogP contribution in [0.15, 0.2) is 23.8 Å². The van der Waals surface area contributed by atoms with E-state index in [4.69, 9.17) is 0 Å². The second kappa shape index (κ2) is 7.59. The molecule has 0 radical (unpaired) electrons. The average Bonchev–Trinajstić information content (AvgIpc) is 2.10. The van der Waals surface area contributed by atoms with Gasteiger partial charge in [-0.05, 0) is 26.7 Å². The third-order valence-corrected chi connectivity index (χ3v) is 1.55. The van der Waals surface area contributed by atoms with Crippen molar-refractivity contribution >= 4 is 5.97 Å². The van der Waals surface area contributed by atoms with E-state index in [0.717, 1.165) is 12.8 Å². The first-order valence-electron chi connectivity index (χ1n) is 4.53. The Bertz CT molecular complexity index is 198. The Morgan fingerprint density at radius 1 is 1.38 bits per heavy atom. The maximum Gasteiger partial charge on any atom is 0.305 e. The number of allylic oxidation sites excluding steroid dienone is 4. The second-order valence-electron chi connectivity index (χ2n) is 3.14. The van der Waals surface area contributed by atoms with Crippen LogP contribution in [-0.4, -0.2) is 13.1 Å². The van der Waals surface area contributed by atoms with E-state index in [9.17, 15) is 4.79 Å². The summed E-state index contributed by atoms with van der Waals surface area (Å²) in [7, 11) is 1.42. The molecule has 0 aliphatic carbocycles. The molecule has 0 amide bonds. The molecular weight excluding hydrogens is 164 g/mol. The number of rotatable bonds is 5. The molecule has 0 unspecified atom stereocenters. The fourth-order valence-electron chi connectivity index (χ4n) is 0.823. The molecule has 2 heteroatoms. The fourth-order valence-corrected chi connectivity index (χ4v) is 0.823. The topological polar surface area (TPSA) is 26.3 Å². The van der Waals surface area contributed by atoms with Gasteiger partial charge in [0.15, 0.2) is 0 Å². The van der Waals surface area contributed by atoms with Crippen molar-refractivity contribution in [2.24, 2.45) is 0 Å². The van der Waals surface area contributed by atoms with Crippen LogP contribution in [0.3, 0.4) is 0 Å². The van der Waals surface area contributed by atoms with Crippen LogP contribution in [0, 0.1) is 0 Å². The van der Waals surface area contributed by atoms with E-state index in [0.29, 0.717) is 6.42 Å². The van der Waals surface area contributed by atoms with Gasteiger partial charge in [-0.1, -0.05) is 23.8 Å². The van der Waals surface area contributed by atoms with Crippen LogP contribution >= 0.6 is 0 Å². The van der Waals surface area contributed by atoms with Crippen LogP contribution in [-0.2, 0) is 9.53 Å². The van der Waals surface area contributed by atoms with Gasteiger partial charge in [0.05, 0.1) is 7.11 Å². The zero-order valence-corrected chi connectivity index (χ0v) is 8.67. The van der Waals surface area contributed by atoms with Gasteiger partial charge in [0.25, 0.3) is 0 Å². The predicted molar refractivity (Wildman–Crippen MR) is 54.4 cm³/mol. The van der Waals surface area contributed by atoms with Crippen LogP contribution in [0.5, 0.6) is 0 Å². The Morgan fingerprint density at radius 2 is 2.08 bits per heavy atom. The Labute approximate surface area is 80.3 Å². The van der Waals surface area contributed by atoms with E-state index in [1.165, 1.54) is 12.7 Å². The van der Waals surface area contributed by atoms with Crippen LogP contribution in [0.1, 0.15) is 33.1 Å². The lowest BCUT2D eigenvalue weighted by molar-refractivity contribution is -0.140. The zero-order valence-electron chi connectivity index (χ0n) is 8.67. The minimum Gasteiger partial charge on any atom is -0.469 e. The molecule has 0 heterocycles. The summed E-state index contributed by atoms with van der Waals surface area (Å²) in [4.78, 5) is 10.7. The van der Waals surface area contributed by atoms with Crippen molar-refractivity contribution < 1.29 is 9.53 Å². The summed E-state index contributed by atoms with van der Waals surface area (Å²) >= 11 is 0. The van der Waals surface area contributed by atoms with E-state index in [-0.39, 0.29) is 5.97 Å². The van der Waals surface area contributed by atoms with Crippen molar-refractivity contribution in [3.63, 3.8) is 0 Å². The molecule has 0 aliphatic heterocycles. The van der Waals surface area contributed by atoms with E-state index in [1.54, 1.807) is 0 Å². The monoisotopic (exact) mass is 182 g/mol. The largest absolute Gasteiger partial charge is 0.469 e. The number of carbonyl (C=O) groups is 1. The van der Waals surface area contributed by atoms with Crippen molar-refractivity contribution in [1.29, 1.82) is 0 Å². The van der Waals surface area contributed by atoms with Crippen molar-refractivity contribution in [3.8, 4) is 0 Å². The first-order chi connectivity index (χ1) is 6.16. The molecule has 0 aliphatic rings. The molecule has 0 N–H and O–H groups in total. The van der Waals surface area contributed by atoms with Gasteiger partial charge in [-0.25, -0.2) is 0 Å². The van der Waals surface area contributed by atoms with Gasteiger partial charge in [0.1, 0.15) is 0 Å². The molecule has 0 saturated heterocycles. The van der Waals surface area contributed by atoms with Crippen LogP contribution in [0.25, 0.3) is 0 Å². The molecule has 0 spiro atoms. The standard InChI is InChI=1S/C11H18O2/c1-10(2)8-6-4-5-7-9-11(12)13-3/h4,6,8H,5,7,9H2,1-3H3/b6-4+. The van der Waals surface area contributed by atoms with Crippen molar-refractivity contribution in [1.82, 2.24) is 0 Å². The Morgan fingerprint density at radius 3 is 2.62 bits per heavy atom. The van der Waals surface area contributed by atoms with E-state index >= 15 is 0 Å². The minimum atomic E-state index is -0.129. The molecule has 2 nitrogen and oxygen atoms in total. The maximum absolute atomic E-state index is 10.7. The number of unbranched alkanes of at least 4 members (excludes halogenated alkanes) is 1. The van der Waals surface area contributed by atoms with E-state index < -0.39 is 0 Å². The molecule has 0 aromatic carbocycles. The second-order valence-corrected chi connectivity index (χ2v) is 3.14. The van der Waals surface area contributed by atoms with Crippen LogP contribution in [0.2, 0.25) is 0 Å². The summed E-state index contributed by atoms with van der Waals surface area (Å²) in [5, 5.41) is 0. The number of hydrogen-bond donors (Lipinski definition) is 0. The third kappa shape index (κ3) is 8.86. The lowest BCUT2D eigenvalue weighted by atomic mass is 10.2. The number of hydrogen-bond acceptors (Lipinski definition) is 2. The number of esters is 1. The van der Waals surface area contributed by atoms with Gasteiger partial charge in [0, 0.05) is 6.42 Å². The molecule has 0 rings (SSSR count). The van der Waals surface area contributed by atoms with E-state index in [1.807, 2.05) is 6.08 Å². The number of carbonyl (C=O) groups excluding carboxylic acids is 1. The van der Waals surface area contributed by atoms with Crippen molar-refractivity contribution in [3.05, 3.63) is 23.8 Å². The summed E-state index contributed by atoms with van der Waals surface area (Å²) in [6.45, 7) is 4.11. The molecule has 0 saturated carbocycles. The first kappa shape index (κ1) is 11.9. The molecule has 0 bridgehead atoms. The highest BCUT2D eigenvalue weighted by Gasteiger charge is 1.96. The number of ether oxygens (including phenoxy) is 1. The van der Waals surface area contributed by atoms with Crippen LogP contribution in [0.4, 0.5) is 0 Å². The normalized spacial score (nSPS) is 10.1.